The van der Waals surface area contributed by atoms with Gasteiger partial charge in [-0.3, -0.25) is 9.78 Å². The van der Waals surface area contributed by atoms with Crippen molar-refractivity contribution in [3.63, 3.8) is 0 Å². The summed E-state index contributed by atoms with van der Waals surface area (Å²) in [5.74, 6) is 1.96. The van der Waals surface area contributed by atoms with Crippen LogP contribution in [0.5, 0.6) is 17.2 Å². The Balaban J connectivity index is 1.22. The number of carboxylic acid groups (broad SMARTS) is 1. The van der Waals surface area contributed by atoms with Crippen LogP contribution in [0.25, 0.3) is 11.1 Å². The number of benzene rings is 3. The topological polar surface area (TPSA) is 77.9 Å². The molecule has 198 valence electrons. The summed E-state index contributed by atoms with van der Waals surface area (Å²) in [5, 5.41) is 9.18. The molecule has 6 heteroatoms. The minimum Gasteiger partial charge on any atom is -0.493 e. The van der Waals surface area contributed by atoms with Crippen LogP contribution in [0.15, 0.2) is 73.1 Å². The number of nitrogens with zero attached hydrogens (tertiary/aromatic N) is 1. The Morgan fingerprint density at radius 3 is 2.54 bits per heavy atom. The van der Waals surface area contributed by atoms with Gasteiger partial charge in [-0.15, -0.1) is 0 Å². The molecule has 6 rings (SSSR count). The number of para-hydroxylation sites is 1. The van der Waals surface area contributed by atoms with E-state index < -0.39 is 5.97 Å². The fourth-order valence-electron chi connectivity index (χ4n) is 5.87. The van der Waals surface area contributed by atoms with Crippen LogP contribution in [0.2, 0.25) is 0 Å². The quantitative estimate of drug-likeness (QED) is 0.281. The van der Waals surface area contributed by atoms with Gasteiger partial charge in [-0.2, -0.15) is 0 Å². The van der Waals surface area contributed by atoms with Gasteiger partial charge in [0.15, 0.2) is 0 Å². The van der Waals surface area contributed by atoms with Crippen LogP contribution in [0, 0.1) is 13.8 Å². The second-order valence-electron chi connectivity index (χ2n) is 10.5. The third kappa shape index (κ3) is 5.07. The summed E-state index contributed by atoms with van der Waals surface area (Å²) in [5.41, 5.74) is 8.98. The van der Waals surface area contributed by atoms with Crippen molar-refractivity contribution in [3.05, 3.63) is 106 Å². The molecule has 0 saturated heterocycles. The van der Waals surface area contributed by atoms with E-state index in [1.165, 1.54) is 16.7 Å². The molecular formula is C33H31NO5. The van der Waals surface area contributed by atoms with E-state index in [1.54, 1.807) is 6.20 Å². The largest absolute Gasteiger partial charge is 0.493 e. The van der Waals surface area contributed by atoms with Gasteiger partial charge in [-0.25, -0.2) is 0 Å². The number of aromatic nitrogens is 1. The van der Waals surface area contributed by atoms with E-state index in [-0.39, 0.29) is 18.3 Å². The molecule has 0 spiro atoms. The van der Waals surface area contributed by atoms with Crippen molar-refractivity contribution >= 4 is 5.97 Å². The molecule has 2 aliphatic heterocycles. The average molecular weight is 522 g/mol. The molecule has 2 aliphatic rings. The maximum absolute atomic E-state index is 11.2. The number of aliphatic carboxylic acids is 1. The fourth-order valence-corrected chi connectivity index (χ4v) is 5.87. The lowest BCUT2D eigenvalue weighted by atomic mass is 9.88. The van der Waals surface area contributed by atoms with Gasteiger partial charge in [0.05, 0.1) is 19.6 Å². The van der Waals surface area contributed by atoms with Crippen LogP contribution in [0.3, 0.4) is 0 Å². The van der Waals surface area contributed by atoms with Crippen molar-refractivity contribution in [2.75, 3.05) is 13.2 Å². The maximum atomic E-state index is 11.2. The highest BCUT2D eigenvalue weighted by atomic mass is 16.5. The standard InChI is InChI=1S/C33H31NO5/c1-20-11-26(37-17-23-5-4-10-34-16-23)12-21(2)32(20)29-7-3-6-28-24(19-39-33(28)29)13-22-8-9-27-25(15-31(35)36)18-38-30(27)14-22/h3-12,14,16,24-25H,13,15,17-19H2,1-2H3,(H,35,36)/t24-,25-/m1/s1. The van der Waals surface area contributed by atoms with E-state index >= 15 is 0 Å². The van der Waals surface area contributed by atoms with Crippen LogP contribution in [0.1, 0.15) is 51.6 Å². The predicted molar refractivity (Wildman–Crippen MR) is 149 cm³/mol. The zero-order chi connectivity index (χ0) is 26.9. The lowest BCUT2D eigenvalue weighted by Crippen LogP contribution is -2.07. The number of hydrogen-bond acceptors (Lipinski definition) is 5. The molecular weight excluding hydrogens is 490 g/mol. The summed E-state index contributed by atoms with van der Waals surface area (Å²) < 4.78 is 18.2. The van der Waals surface area contributed by atoms with Crippen LogP contribution < -0.4 is 14.2 Å². The van der Waals surface area contributed by atoms with Gasteiger partial charge in [0.2, 0.25) is 0 Å². The van der Waals surface area contributed by atoms with Gasteiger partial charge in [0, 0.05) is 46.5 Å². The molecule has 0 aliphatic carbocycles. The summed E-state index contributed by atoms with van der Waals surface area (Å²) in [7, 11) is 0. The summed E-state index contributed by atoms with van der Waals surface area (Å²) in [4.78, 5) is 15.3. The van der Waals surface area contributed by atoms with E-state index in [0.29, 0.717) is 19.8 Å². The van der Waals surface area contributed by atoms with Crippen molar-refractivity contribution in [1.82, 2.24) is 4.98 Å². The number of ether oxygens (including phenoxy) is 3. The number of carbonyl (C=O) groups is 1. The molecule has 0 bridgehead atoms. The van der Waals surface area contributed by atoms with Gasteiger partial charge in [0.25, 0.3) is 0 Å². The van der Waals surface area contributed by atoms with E-state index in [4.69, 9.17) is 14.2 Å². The molecule has 3 aromatic carbocycles. The Kier molecular flexibility index (Phi) is 6.69. The first-order chi connectivity index (χ1) is 19.0. The monoisotopic (exact) mass is 521 g/mol. The number of pyridine rings is 1. The first-order valence-electron chi connectivity index (χ1n) is 13.3. The number of rotatable bonds is 8. The molecule has 0 amide bonds. The zero-order valence-corrected chi connectivity index (χ0v) is 22.1. The highest BCUT2D eigenvalue weighted by Crippen LogP contribution is 2.46. The van der Waals surface area contributed by atoms with Gasteiger partial charge in [-0.05, 0) is 66.8 Å². The van der Waals surface area contributed by atoms with Gasteiger partial charge < -0.3 is 19.3 Å². The summed E-state index contributed by atoms with van der Waals surface area (Å²) in [6.07, 6.45) is 4.50. The smallest absolute Gasteiger partial charge is 0.304 e. The lowest BCUT2D eigenvalue weighted by Gasteiger charge is -2.16. The molecule has 0 fully saturated rings. The predicted octanol–water partition coefficient (Wildman–Crippen LogP) is 6.61. The summed E-state index contributed by atoms with van der Waals surface area (Å²) in [6.45, 7) is 5.76. The van der Waals surface area contributed by atoms with E-state index in [0.717, 1.165) is 51.5 Å². The molecule has 0 saturated carbocycles. The molecule has 0 radical (unpaired) electrons. The average Bonchev–Trinajstić information content (AvgIpc) is 3.51. The SMILES string of the molecule is Cc1cc(OCc2cccnc2)cc(C)c1-c1cccc2c1OC[C@H]2Cc1ccc2c(c1)OC[C@H]2CC(=O)O. The molecule has 0 unspecified atom stereocenters. The number of carboxylic acids is 1. The third-order valence-corrected chi connectivity index (χ3v) is 7.68. The van der Waals surface area contributed by atoms with Crippen molar-refractivity contribution in [2.45, 2.75) is 45.1 Å². The van der Waals surface area contributed by atoms with Gasteiger partial charge in [0.1, 0.15) is 23.9 Å². The highest BCUT2D eigenvalue weighted by Gasteiger charge is 2.30. The fraction of sp³-hybridized carbons (Fsp3) is 0.273. The first kappa shape index (κ1) is 25.0. The second kappa shape index (κ2) is 10.4. The zero-order valence-electron chi connectivity index (χ0n) is 22.1. The van der Waals surface area contributed by atoms with Crippen LogP contribution in [0.4, 0.5) is 0 Å². The second-order valence-corrected chi connectivity index (χ2v) is 10.5. The van der Waals surface area contributed by atoms with Gasteiger partial charge in [-0.1, -0.05) is 36.4 Å². The first-order valence-corrected chi connectivity index (χ1v) is 13.3. The van der Waals surface area contributed by atoms with Crippen molar-refractivity contribution in [3.8, 4) is 28.4 Å². The molecule has 4 aromatic rings. The molecule has 1 aromatic heterocycles. The van der Waals surface area contributed by atoms with Crippen molar-refractivity contribution < 1.29 is 24.1 Å². The van der Waals surface area contributed by atoms with Crippen LogP contribution >= 0.6 is 0 Å². The Bertz CT molecular complexity index is 1510. The third-order valence-electron chi connectivity index (χ3n) is 7.68. The number of hydrogen-bond donors (Lipinski definition) is 1. The minimum atomic E-state index is -0.798. The Morgan fingerprint density at radius 1 is 0.949 bits per heavy atom. The molecule has 1 N–H and O–H groups in total. The van der Waals surface area contributed by atoms with Crippen LogP contribution in [-0.2, 0) is 17.8 Å². The Hall–Kier alpha value is -4.32. The van der Waals surface area contributed by atoms with E-state index in [9.17, 15) is 9.90 Å². The Labute approximate surface area is 228 Å². The van der Waals surface area contributed by atoms with E-state index in [1.807, 2.05) is 24.4 Å². The molecule has 2 atom stereocenters. The van der Waals surface area contributed by atoms with E-state index in [2.05, 4.69) is 61.3 Å². The summed E-state index contributed by atoms with van der Waals surface area (Å²) in [6, 6.07) is 20.7. The van der Waals surface area contributed by atoms with Gasteiger partial charge >= 0.3 is 5.97 Å². The number of aryl methyl sites for hydroxylation is 2. The van der Waals surface area contributed by atoms with Crippen molar-refractivity contribution in [2.24, 2.45) is 0 Å². The van der Waals surface area contributed by atoms with Crippen LogP contribution in [-0.4, -0.2) is 29.3 Å². The van der Waals surface area contributed by atoms with Crippen molar-refractivity contribution in [1.29, 1.82) is 0 Å². The Morgan fingerprint density at radius 2 is 1.77 bits per heavy atom. The molecule has 39 heavy (non-hydrogen) atoms. The lowest BCUT2D eigenvalue weighted by molar-refractivity contribution is -0.137. The molecule has 3 heterocycles. The number of fused-ring (bicyclic) bond motifs is 2. The normalized spacial score (nSPS) is 17.2. The minimum absolute atomic E-state index is 0.0803. The summed E-state index contributed by atoms with van der Waals surface area (Å²) >= 11 is 0. The highest BCUT2D eigenvalue weighted by molar-refractivity contribution is 5.79. The molecule has 6 nitrogen and oxygen atoms in total. The maximum Gasteiger partial charge on any atom is 0.304 e.